The Bertz CT molecular complexity index is 648. The monoisotopic (exact) mass is 344 g/mol. The van der Waals surface area contributed by atoms with Crippen LogP contribution >= 0.6 is 11.3 Å². The molecule has 3 rings (SSSR count). The number of nitrogens with zero attached hydrogens (tertiary/aromatic N) is 4. The highest BCUT2D eigenvalue weighted by molar-refractivity contribution is 7.09. The molecule has 1 fully saturated rings. The Kier molecular flexibility index (Phi) is 5.45. The van der Waals surface area contributed by atoms with Gasteiger partial charge in [-0.25, -0.2) is 9.97 Å². The number of carbonyl (C=O) groups is 1. The van der Waals surface area contributed by atoms with E-state index in [0.717, 1.165) is 55.6 Å². The van der Waals surface area contributed by atoms with Crippen LogP contribution in [0.15, 0.2) is 29.9 Å². The van der Waals surface area contributed by atoms with Crippen LogP contribution in [-0.2, 0) is 6.42 Å². The van der Waals surface area contributed by atoms with Gasteiger partial charge in [-0.15, -0.1) is 11.3 Å². The molecule has 6 heteroatoms. The Morgan fingerprint density at radius 1 is 1.33 bits per heavy atom. The van der Waals surface area contributed by atoms with Crippen molar-refractivity contribution in [2.24, 2.45) is 5.92 Å². The lowest BCUT2D eigenvalue weighted by Crippen LogP contribution is -2.38. The van der Waals surface area contributed by atoms with Crippen LogP contribution in [0.25, 0.3) is 0 Å². The number of carbonyl (C=O) groups excluding carboxylic acids is 1. The van der Waals surface area contributed by atoms with Crippen LogP contribution in [0.1, 0.15) is 35.1 Å². The number of likely N-dealkylation sites (tertiary alicyclic amines) is 1. The number of amides is 1. The zero-order valence-electron chi connectivity index (χ0n) is 14.3. The summed E-state index contributed by atoms with van der Waals surface area (Å²) in [6, 6.07) is 3.82. The summed E-state index contributed by atoms with van der Waals surface area (Å²) in [5.41, 5.74) is 0.682. The molecule has 3 heterocycles. The van der Waals surface area contributed by atoms with Crippen molar-refractivity contribution in [3.63, 3.8) is 0 Å². The minimum absolute atomic E-state index is 0.103. The molecular weight excluding hydrogens is 320 g/mol. The molecule has 2 aromatic heterocycles. The molecule has 1 amide bonds. The summed E-state index contributed by atoms with van der Waals surface area (Å²) in [7, 11) is 2.02. The number of anilines is 1. The summed E-state index contributed by atoms with van der Waals surface area (Å²) in [4.78, 5) is 25.3. The SMILES string of the molecule is CC1CCN(C(=O)c2ccc(N(C)CCc3nccs3)nc2)CC1. The average molecular weight is 344 g/mol. The molecular formula is C18H24N4OS. The van der Waals surface area contributed by atoms with Gasteiger partial charge in [-0.05, 0) is 30.9 Å². The second kappa shape index (κ2) is 7.75. The van der Waals surface area contributed by atoms with Gasteiger partial charge < -0.3 is 9.80 Å². The lowest BCUT2D eigenvalue weighted by atomic mass is 9.99. The van der Waals surface area contributed by atoms with E-state index in [-0.39, 0.29) is 5.91 Å². The average Bonchev–Trinajstić information content (AvgIpc) is 3.13. The van der Waals surface area contributed by atoms with Crippen LogP contribution in [-0.4, -0.2) is 47.5 Å². The first-order valence-electron chi connectivity index (χ1n) is 8.48. The van der Waals surface area contributed by atoms with Crippen molar-refractivity contribution in [3.8, 4) is 0 Å². The summed E-state index contributed by atoms with van der Waals surface area (Å²) < 4.78 is 0. The Morgan fingerprint density at radius 2 is 2.12 bits per heavy atom. The third kappa shape index (κ3) is 4.12. The molecule has 0 aliphatic carbocycles. The predicted octanol–water partition coefficient (Wildman–Crippen LogP) is 3.09. The summed E-state index contributed by atoms with van der Waals surface area (Å²) >= 11 is 1.67. The molecule has 0 radical (unpaired) electrons. The highest BCUT2D eigenvalue weighted by atomic mass is 32.1. The topological polar surface area (TPSA) is 49.3 Å². The predicted molar refractivity (Wildman–Crippen MR) is 97.6 cm³/mol. The molecule has 0 atom stereocenters. The lowest BCUT2D eigenvalue weighted by Gasteiger charge is -2.30. The molecule has 5 nitrogen and oxygen atoms in total. The van der Waals surface area contributed by atoms with E-state index in [9.17, 15) is 4.79 Å². The van der Waals surface area contributed by atoms with Crippen LogP contribution in [0.3, 0.4) is 0 Å². The van der Waals surface area contributed by atoms with Crippen LogP contribution in [0, 0.1) is 5.92 Å². The fourth-order valence-electron chi connectivity index (χ4n) is 2.89. The summed E-state index contributed by atoms with van der Waals surface area (Å²) in [6.07, 6.45) is 6.63. The quantitative estimate of drug-likeness (QED) is 0.836. The molecule has 0 aromatic carbocycles. The van der Waals surface area contributed by atoms with Crippen molar-refractivity contribution < 1.29 is 4.79 Å². The number of piperidine rings is 1. The molecule has 2 aromatic rings. The molecule has 1 saturated heterocycles. The minimum atomic E-state index is 0.103. The van der Waals surface area contributed by atoms with Crippen LogP contribution in [0.5, 0.6) is 0 Å². The van der Waals surface area contributed by atoms with E-state index in [0.29, 0.717) is 5.56 Å². The molecule has 0 N–H and O–H groups in total. The molecule has 0 spiro atoms. The number of thiazole rings is 1. The van der Waals surface area contributed by atoms with Crippen molar-refractivity contribution in [3.05, 3.63) is 40.5 Å². The molecule has 0 bridgehead atoms. The highest BCUT2D eigenvalue weighted by Crippen LogP contribution is 2.19. The number of hydrogen-bond donors (Lipinski definition) is 0. The van der Waals surface area contributed by atoms with Crippen LogP contribution < -0.4 is 4.90 Å². The molecule has 1 aliphatic rings. The van der Waals surface area contributed by atoms with E-state index < -0.39 is 0 Å². The molecule has 1 aliphatic heterocycles. The maximum atomic E-state index is 12.5. The van der Waals surface area contributed by atoms with Crippen molar-refractivity contribution >= 4 is 23.1 Å². The van der Waals surface area contributed by atoms with E-state index >= 15 is 0 Å². The summed E-state index contributed by atoms with van der Waals surface area (Å²) in [5, 5.41) is 3.13. The van der Waals surface area contributed by atoms with Crippen molar-refractivity contribution in [2.45, 2.75) is 26.2 Å². The smallest absolute Gasteiger partial charge is 0.255 e. The van der Waals surface area contributed by atoms with Crippen molar-refractivity contribution in [1.29, 1.82) is 0 Å². The first-order valence-corrected chi connectivity index (χ1v) is 9.36. The van der Waals surface area contributed by atoms with Gasteiger partial charge in [0.1, 0.15) is 5.82 Å². The first-order chi connectivity index (χ1) is 11.6. The number of rotatable bonds is 5. The number of pyridine rings is 1. The molecule has 24 heavy (non-hydrogen) atoms. The van der Waals surface area contributed by atoms with Crippen LogP contribution in [0.4, 0.5) is 5.82 Å². The van der Waals surface area contributed by atoms with Gasteiger partial charge in [-0.2, -0.15) is 0 Å². The Morgan fingerprint density at radius 3 is 2.75 bits per heavy atom. The van der Waals surface area contributed by atoms with Gasteiger partial charge in [0.15, 0.2) is 0 Å². The Hall–Kier alpha value is -1.95. The van der Waals surface area contributed by atoms with Gasteiger partial charge in [0.25, 0.3) is 5.91 Å². The van der Waals surface area contributed by atoms with Gasteiger partial charge in [-0.3, -0.25) is 4.79 Å². The van der Waals surface area contributed by atoms with E-state index in [4.69, 9.17) is 0 Å². The number of likely N-dealkylation sites (N-methyl/N-ethyl adjacent to an activating group) is 1. The third-order valence-corrected chi connectivity index (χ3v) is 5.44. The normalized spacial score (nSPS) is 15.5. The van der Waals surface area contributed by atoms with Gasteiger partial charge in [0.05, 0.1) is 10.6 Å². The Balaban J connectivity index is 1.57. The molecule has 128 valence electrons. The fraction of sp³-hybridized carbons (Fsp3) is 0.500. The minimum Gasteiger partial charge on any atom is -0.359 e. The van der Waals surface area contributed by atoms with E-state index in [1.807, 2.05) is 35.7 Å². The van der Waals surface area contributed by atoms with Gasteiger partial charge in [-0.1, -0.05) is 6.92 Å². The fourth-order valence-corrected chi connectivity index (χ4v) is 3.50. The Labute approximate surface area is 147 Å². The zero-order chi connectivity index (χ0) is 16.9. The maximum Gasteiger partial charge on any atom is 0.255 e. The van der Waals surface area contributed by atoms with Crippen molar-refractivity contribution in [2.75, 3.05) is 31.6 Å². The number of aromatic nitrogens is 2. The second-order valence-electron chi connectivity index (χ2n) is 6.48. The third-order valence-electron chi connectivity index (χ3n) is 4.60. The maximum absolute atomic E-state index is 12.5. The van der Waals surface area contributed by atoms with E-state index in [1.54, 1.807) is 17.5 Å². The summed E-state index contributed by atoms with van der Waals surface area (Å²) in [5.74, 6) is 1.71. The largest absolute Gasteiger partial charge is 0.359 e. The van der Waals surface area contributed by atoms with E-state index in [2.05, 4.69) is 21.8 Å². The van der Waals surface area contributed by atoms with Gasteiger partial charge >= 0.3 is 0 Å². The lowest BCUT2D eigenvalue weighted by molar-refractivity contribution is 0.0697. The van der Waals surface area contributed by atoms with Gasteiger partial charge in [0.2, 0.25) is 0 Å². The highest BCUT2D eigenvalue weighted by Gasteiger charge is 2.21. The van der Waals surface area contributed by atoms with E-state index in [1.165, 1.54) is 0 Å². The molecule has 0 unspecified atom stereocenters. The summed E-state index contributed by atoms with van der Waals surface area (Å²) in [6.45, 7) is 4.82. The molecule has 0 saturated carbocycles. The van der Waals surface area contributed by atoms with Crippen LogP contribution in [0.2, 0.25) is 0 Å². The number of hydrogen-bond acceptors (Lipinski definition) is 5. The second-order valence-corrected chi connectivity index (χ2v) is 7.46. The zero-order valence-corrected chi connectivity index (χ0v) is 15.1. The van der Waals surface area contributed by atoms with Crippen molar-refractivity contribution in [1.82, 2.24) is 14.9 Å². The first kappa shape index (κ1) is 16.9. The van der Waals surface area contributed by atoms with Gasteiger partial charge in [0, 0.05) is 50.9 Å². The standard InChI is InChI=1S/C18H24N4OS/c1-14-5-10-22(11-6-14)18(23)15-3-4-16(20-13-15)21(2)9-7-17-19-8-12-24-17/h3-4,8,12-14H,5-7,9-11H2,1-2H3.